The van der Waals surface area contributed by atoms with Crippen LogP contribution in [0.3, 0.4) is 0 Å². The highest BCUT2D eigenvalue weighted by Crippen LogP contribution is 2.37. The molecule has 2 atom stereocenters. The Labute approximate surface area is 156 Å². The van der Waals surface area contributed by atoms with Gasteiger partial charge in [-0.25, -0.2) is 9.91 Å². The van der Waals surface area contributed by atoms with Gasteiger partial charge >= 0.3 is 0 Å². The summed E-state index contributed by atoms with van der Waals surface area (Å²) in [5, 5.41) is 10.3. The fraction of sp³-hybridized carbons (Fsp3) is 0.263. The molecule has 4 rings (SSSR count). The summed E-state index contributed by atoms with van der Waals surface area (Å²) in [4.78, 5) is 27.0. The first-order valence-electron chi connectivity index (χ1n) is 8.30. The van der Waals surface area contributed by atoms with Crippen LogP contribution in [0, 0.1) is 20.8 Å². The molecule has 0 saturated carbocycles. The van der Waals surface area contributed by atoms with Crippen molar-refractivity contribution < 1.29 is 9.59 Å². The van der Waals surface area contributed by atoms with Crippen molar-refractivity contribution in [3.63, 3.8) is 0 Å². The average molecular weight is 369 g/mol. The summed E-state index contributed by atoms with van der Waals surface area (Å²) < 4.78 is 0. The number of hydrogen-bond acceptors (Lipinski definition) is 5. The molecule has 2 aromatic rings. The lowest BCUT2D eigenvalue weighted by atomic mass is 10.1. The molecule has 2 heterocycles. The third-order valence-corrected chi connectivity index (χ3v) is 5.43. The van der Waals surface area contributed by atoms with Crippen LogP contribution < -0.4 is 9.91 Å². The zero-order valence-electron chi connectivity index (χ0n) is 14.6. The maximum Gasteiger partial charge on any atom is 0.263 e. The number of carbonyl (C=O) groups excluding carboxylic acids is 2. The highest BCUT2D eigenvalue weighted by atomic mass is 35.5. The van der Waals surface area contributed by atoms with Crippen molar-refractivity contribution in [1.29, 1.82) is 0 Å². The quantitative estimate of drug-likeness (QED) is 0.758. The fourth-order valence-corrected chi connectivity index (χ4v) is 3.49. The van der Waals surface area contributed by atoms with Crippen LogP contribution in [0.2, 0.25) is 5.02 Å². The van der Waals surface area contributed by atoms with Crippen LogP contribution >= 0.6 is 11.6 Å². The predicted molar refractivity (Wildman–Crippen MR) is 99.5 cm³/mol. The second kappa shape index (κ2) is 5.92. The molecule has 132 valence electrons. The van der Waals surface area contributed by atoms with Crippen LogP contribution in [0.5, 0.6) is 0 Å². The molecule has 0 N–H and O–H groups in total. The standard InChI is InChI=1S/C19H17ClN4O2/c1-10-5-4-6-15(12(10)3)24-17-16(21-22-24)18(25)23(19(17)26)13-8-7-11(2)14(20)9-13/h4-9,16-17H,1-3H3/t16-,17+/m0/s1. The van der Waals surface area contributed by atoms with E-state index in [1.165, 1.54) is 0 Å². The summed E-state index contributed by atoms with van der Waals surface area (Å²) in [6.07, 6.45) is 0. The number of imide groups is 1. The second-order valence-electron chi connectivity index (χ2n) is 6.60. The highest BCUT2D eigenvalue weighted by molar-refractivity contribution is 6.32. The van der Waals surface area contributed by atoms with Crippen molar-refractivity contribution in [2.75, 3.05) is 9.91 Å². The van der Waals surface area contributed by atoms with Crippen LogP contribution in [-0.2, 0) is 9.59 Å². The number of halogens is 1. The van der Waals surface area contributed by atoms with Crippen molar-refractivity contribution in [3.8, 4) is 0 Å². The largest absolute Gasteiger partial charge is 0.271 e. The van der Waals surface area contributed by atoms with E-state index in [0.29, 0.717) is 10.7 Å². The van der Waals surface area contributed by atoms with Gasteiger partial charge in [0.2, 0.25) is 0 Å². The van der Waals surface area contributed by atoms with Crippen LogP contribution in [-0.4, -0.2) is 23.9 Å². The van der Waals surface area contributed by atoms with E-state index in [9.17, 15) is 9.59 Å². The van der Waals surface area contributed by atoms with Gasteiger partial charge in [-0.3, -0.25) is 9.59 Å². The molecule has 0 bridgehead atoms. The summed E-state index contributed by atoms with van der Waals surface area (Å²) in [6, 6.07) is 9.32. The van der Waals surface area contributed by atoms with Crippen molar-refractivity contribution in [1.82, 2.24) is 0 Å². The van der Waals surface area contributed by atoms with Crippen molar-refractivity contribution in [2.24, 2.45) is 10.3 Å². The minimum absolute atomic E-state index is 0.342. The van der Waals surface area contributed by atoms with Crippen LogP contribution in [0.25, 0.3) is 0 Å². The number of carbonyl (C=O) groups is 2. The van der Waals surface area contributed by atoms with Gasteiger partial charge in [0.05, 0.1) is 11.4 Å². The van der Waals surface area contributed by atoms with E-state index in [4.69, 9.17) is 11.6 Å². The van der Waals surface area contributed by atoms with Gasteiger partial charge in [0.1, 0.15) is 0 Å². The molecule has 2 amide bonds. The molecule has 7 heteroatoms. The normalized spacial score (nSPS) is 21.7. The average Bonchev–Trinajstić information content (AvgIpc) is 3.14. The summed E-state index contributed by atoms with van der Waals surface area (Å²) in [6.45, 7) is 5.82. The van der Waals surface area contributed by atoms with E-state index in [2.05, 4.69) is 10.3 Å². The van der Waals surface area contributed by atoms with E-state index < -0.39 is 12.1 Å². The molecule has 26 heavy (non-hydrogen) atoms. The van der Waals surface area contributed by atoms with Gasteiger partial charge in [0.15, 0.2) is 12.1 Å². The van der Waals surface area contributed by atoms with E-state index in [1.807, 2.05) is 39.0 Å². The van der Waals surface area contributed by atoms with Gasteiger partial charge in [-0.2, -0.15) is 5.11 Å². The Balaban J connectivity index is 1.74. The van der Waals surface area contributed by atoms with Gasteiger partial charge < -0.3 is 0 Å². The number of benzene rings is 2. The third kappa shape index (κ3) is 2.33. The lowest BCUT2D eigenvalue weighted by Crippen LogP contribution is -2.40. The first kappa shape index (κ1) is 16.7. The highest BCUT2D eigenvalue weighted by Gasteiger charge is 2.55. The zero-order valence-corrected chi connectivity index (χ0v) is 15.4. The number of amides is 2. The molecule has 0 aliphatic carbocycles. The lowest BCUT2D eigenvalue weighted by Gasteiger charge is -2.23. The molecular weight excluding hydrogens is 352 g/mol. The van der Waals surface area contributed by atoms with E-state index in [0.717, 1.165) is 27.3 Å². The summed E-state index contributed by atoms with van der Waals surface area (Å²) >= 11 is 6.17. The van der Waals surface area contributed by atoms with E-state index >= 15 is 0 Å². The topological polar surface area (TPSA) is 65.3 Å². The first-order chi connectivity index (χ1) is 12.4. The van der Waals surface area contributed by atoms with Crippen molar-refractivity contribution >= 4 is 34.8 Å². The molecule has 2 aromatic carbocycles. The molecule has 2 aliphatic heterocycles. The summed E-state index contributed by atoms with van der Waals surface area (Å²) in [7, 11) is 0. The first-order valence-corrected chi connectivity index (χ1v) is 8.68. The van der Waals surface area contributed by atoms with Gasteiger partial charge in [0.25, 0.3) is 11.8 Å². The molecule has 0 aromatic heterocycles. The van der Waals surface area contributed by atoms with Crippen LogP contribution in [0.1, 0.15) is 16.7 Å². The maximum atomic E-state index is 13.1. The third-order valence-electron chi connectivity index (χ3n) is 5.02. The SMILES string of the molecule is Cc1ccc(N2C(=O)[C@H]3N=NN(c4cccc(C)c4C)[C@H]3C2=O)cc1Cl. The van der Waals surface area contributed by atoms with E-state index in [-0.39, 0.29) is 11.8 Å². The molecule has 1 saturated heterocycles. The Morgan fingerprint density at radius 1 is 1.00 bits per heavy atom. The van der Waals surface area contributed by atoms with Gasteiger partial charge in [0, 0.05) is 5.02 Å². The Hall–Kier alpha value is -2.73. The molecule has 0 radical (unpaired) electrons. The van der Waals surface area contributed by atoms with E-state index in [1.54, 1.807) is 23.2 Å². The second-order valence-corrected chi connectivity index (χ2v) is 7.01. The molecule has 2 aliphatic rings. The minimum atomic E-state index is -0.831. The van der Waals surface area contributed by atoms with Crippen LogP contribution in [0.4, 0.5) is 11.4 Å². The molecule has 1 fully saturated rings. The summed E-state index contributed by atoms with van der Waals surface area (Å²) in [5.41, 5.74) is 4.21. The Morgan fingerprint density at radius 2 is 1.77 bits per heavy atom. The fourth-order valence-electron chi connectivity index (χ4n) is 3.32. The number of aryl methyl sites for hydroxylation is 2. The number of hydrogen-bond donors (Lipinski definition) is 0. The predicted octanol–water partition coefficient (Wildman–Crippen LogP) is 3.76. The number of fused-ring (bicyclic) bond motifs is 1. The number of anilines is 2. The van der Waals surface area contributed by atoms with Crippen molar-refractivity contribution in [2.45, 2.75) is 32.9 Å². The number of rotatable bonds is 2. The smallest absolute Gasteiger partial charge is 0.263 e. The molecule has 0 unspecified atom stereocenters. The maximum absolute atomic E-state index is 13.1. The van der Waals surface area contributed by atoms with Crippen LogP contribution in [0.15, 0.2) is 46.7 Å². The van der Waals surface area contributed by atoms with Gasteiger partial charge in [-0.1, -0.05) is 35.0 Å². The Kier molecular flexibility index (Phi) is 3.80. The molecule has 6 nitrogen and oxygen atoms in total. The van der Waals surface area contributed by atoms with Crippen molar-refractivity contribution in [3.05, 3.63) is 58.1 Å². The van der Waals surface area contributed by atoms with Gasteiger partial charge in [-0.05, 0) is 55.7 Å². The van der Waals surface area contributed by atoms with Gasteiger partial charge in [-0.15, -0.1) is 0 Å². The summed E-state index contributed by atoms with van der Waals surface area (Å²) in [5.74, 6) is -0.720. The minimum Gasteiger partial charge on any atom is -0.271 e. The molecule has 0 spiro atoms. The monoisotopic (exact) mass is 368 g/mol. The zero-order chi connectivity index (χ0) is 18.6. The Bertz CT molecular complexity index is 972. The number of nitrogens with zero attached hydrogens (tertiary/aromatic N) is 4. The molecular formula is C19H17ClN4O2. The Morgan fingerprint density at radius 3 is 2.50 bits per heavy atom. The lowest BCUT2D eigenvalue weighted by molar-refractivity contribution is -0.121.